The number of pyridine rings is 1. The second kappa shape index (κ2) is 8.01. The number of phenolic OH excluding ortho intramolecular Hbond substituents is 1. The van der Waals surface area contributed by atoms with Gasteiger partial charge in [0.1, 0.15) is 11.3 Å². The Kier molecular flexibility index (Phi) is 5.02. The summed E-state index contributed by atoms with van der Waals surface area (Å²) in [5.41, 5.74) is 0.954. The maximum absolute atomic E-state index is 13.3. The number of hydrogen-bond acceptors (Lipinski definition) is 6. The van der Waals surface area contributed by atoms with Gasteiger partial charge < -0.3 is 29.2 Å². The van der Waals surface area contributed by atoms with Gasteiger partial charge in [0.2, 0.25) is 5.88 Å². The summed E-state index contributed by atoms with van der Waals surface area (Å²) in [5, 5.41) is 22.7. The van der Waals surface area contributed by atoms with Crippen molar-refractivity contribution >= 4 is 27.8 Å². The van der Waals surface area contributed by atoms with Gasteiger partial charge >= 0.3 is 6.09 Å². The van der Waals surface area contributed by atoms with Crippen LogP contribution in [-0.4, -0.2) is 57.1 Å². The minimum absolute atomic E-state index is 0.128. The van der Waals surface area contributed by atoms with Crippen LogP contribution < -0.4 is 4.74 Å². The fourth-order valence-corrected chi connectivity index (χ4v) is 3.91. The molecule has 0 saturated carbocycles. The Morgan fingerprint density at radius 3 is 2.62 bits per heavy atom. The minimum Gasteiger partial charge on any atom is -0.505 e. The Balaban J connectivity index is 1.64. The molecular formula is C23H20FN3O5. The predicted molar refractivity (Wildman–Crippen MR) is 114 cm³/mol. The number of halogens is 1. The molecule has 0 unspecified atom stereocenters. The standard InChI is InChI=1S/C23H20FN3O5/c24-15-5-3-14(4-6-15)12-27-13-17-18(22(27)29)20(28)19-16(2-1-7-25-19)21(17)32-23(30)26-8-10-31-11-9-26/h1-7,13,28-29H,8-12H2. The number of fused-ring (bicyclic) bond motifs is 2. The summed E-state index contributed by atoms with van der Waals surface area (Å²) in [7, 11) is 0. The van der Waals surface area contributed by atoms with Crippen LogP contribution in [0.4, 0.5) is 9.18 Å². The van der Waals surface area contributed by atoms with Crippen molar-refractivity contribution < 1.29 is 28.9 Å². The summed E-state index contributed by atoms with van der Waals surface area (Å²) in [5.74, 6) is -0.580. The minimum atomic E-state index is -0.545. The number of rotatable bonds is 3. The van der Waals surface area contributed by atoms with Crippen molar-refractivity contribution in [2.24, 2.45) is 0 Å². The van der Waals surface area contributed by atoms with E-state index in [-0.39, 0.29) is 40.6 Å². The molecule has 8 nitrogen and oxygen atoms in total. The van der Waals surface area contributed by atoms with Gasteiger partial charge in [-0.25, -0.2) is 9.18 Å². The first-order chi connectivity index (χ1) is 15.5. The topological polar surface area (TPSA) is 97.1 Å². The van der Waals surface area contributed by atoms with Crippen molar-refractivity contribution in [2.75, 3.05) is 26.3 Å². The lowest BCUT2D eigenvalue weighted by atomic mass is 10.1. The number of aromatic nitrogens is 2. The molecule has 0 spiro atoms. The number of carbonyl (C=O) groups excluding carboxylic acids is 1. The number of morpholine rings is 1. The molecule has 4 aromatic rings. The monoisotopic (exact) mass is 437 g/mol. The summed E-state index contributed by atoms with van der Waals surface area (Å²) in [6, 6.07) is 9.25. The number of aromatic hydroxyl groups is 2. The van der Waals surface area contributed by atoms with E-state index >= 15 is 0 Å². The molecule has 1 amide bonds. The van der Waals surface area contributed by atoms with Gasteiger partial charge in [-0.15, -0.1) is 0 Å². The van der Waals surface area contributed by atoms with Gasteiger partial charge in [-0.2, -0.15) is 0 Å². The van der Waals surface area contributed by atoms with E-state index in [9.17, 15) is 19.4 Å². The number of hydrogen-bond donors (Lipinski definition) is 2. The van der Waals surface area contributed by atoms with Crippen molar-refractivity contribution in [3.8, 4) is 17.4 Å². The molecule has 0 atom stereocenters. The molecule has 1 aliphatic heterocycles. The Morgan fingerprint density at radius 1 is 1.12 bits per heavy atom. The molecule has 0 bridgehead atoms. The van der Waals surface area contributed by atoms with E-state index in [0.29, 0.717) is 37.1 Å². The third kappa shape index (κ3) is 3.46. The fourth-order valence-electron chi connectivity index (χ4n) is 3.91. The van der Waals surface area contributed by atoms with E-state index in [2.05, 4.69) is 4.98 Å². The van der Waals surface area contributed by atoms with Crippen molar-refractivity contribution in [3.63, 3.8) is 0 Å². The summed E-state index contributed by atoms with van der Waals surface area (Å²) in [6.07, 6.45) is 2.56. The number of carbonyl (C=O) groups is 1. The molecule has 32 heavy (non-hydrogen) atoms. The van der Waals surface area contributed by atoms with Gasteiger partial charge in [0, 0.05) is 30.9 Å². The number of amides is 1. The maximum Gasteiger partial charge on any atom is 0.415 e. The molecule has 1 aliphatic rings. The third-order valence-electron chi connectivity index (χ3n) is 5.53. The van der Waals surface area contributed by atoms with E-state index in [1.165, 1.54) is 22.9 Å². The van der Waals surface area contributed by atoms with Crippen molar-refractivity contribution in [1.29, 1.82) is 0 Å². The molecule has 0 radical (unpaired) electrons. The second-order valence-corrected chi connectivity index (χ2v) is 7.54. The highest BCUT2D eigenvalue weighted by Crippen LogP contribution is 2.46. The van der Waals surface area contributed by atoms with Gasteiger partial charge in [0.05, 0.1) is 30.5 Å². The van der Waals surface area contributed by atoms with Crippen LogP contribution in [0.3, 0.4) is 0 Å². The molecule has 2 aromatic heterocycles. The Labute approximate surface area is 182 Å². The number of benzene rings is 2. The lowest BCUT2D eigenvalue weighted by Gasteiger charge is -2.26. The summed E-state index contributed by atoms with van der Waals surface area (Å²) < 4.78 is 25.8. The molecular weight excluding hydrogens is 417 g/mol. The van der Waals surface area contributed by atoms with Gasteiger partial charge in [-0.3, -0.25) is 4.98 Å². The molecule has 3 heterocycles. The largest absolute Gasteiger partial charge is 0.505 e. The van der Waals surface area contributed by atoms with Gasteiger partial charge in [-0.1, -0.05) is 12.1 Å². The van der Waals surface area contributed by atoms with Crippen molar-refractivity contribution in [2.45, 2.75) is 6.54 Å². The zero-order valence-electron chi connectivity index (χ0n) is 17.0. The van der Waals surface area contributed by atoms with Gasteiger partial charge in [0.25, 0.3) is 0 Å². The molecule has 164 valence electrons. The first-order valence-electron chi connectivity index (χ1n) is 10.1. The number of ether oxygens (including phenoxy) is 2. The van der Waals surface area contributed by atoms with Crippen LogP contribution in [0.25, 0.3) is 21.7 Å². The lowest BCUT2D eigenvalue weighted by molar-refractivity contribution is 0.0418. The third-order valence-corrected chi connectivity index (χ3v) is 5.53. The quantitative estimate of drug-likeness (QED) is 0.508. The molecule has 1 fully saturated rings. The van der Waals surface area contributed by atoms with Crippen molar-refractivity contribution in [3.05, 3.63) is 60.2 Å². The van der Waals surface area contributed by atoms with Gasteiger partial charge in [-0.05, 0) is 29.8 Å². The zero-order chi connectivity index (χ0) is 22.2. The van der Waals surface area contributed by atoms with Crippen LogP contribution in [0.2, 0.25) is 0 Å². The van der Waals surface area contributed by atoms with Crippen molar-refractivity contribution in [1.82, 2.24) is 14.5 Å². The Bertz CT molecular complexity index is 1310. The van der Waals surface area contributed by atoms with Crippen LogP contribution in [0.1, 0.15) is 5.56 Å². The number of nitrogens with zero attached hydrogens (tertiary/aromatic N) is 3. The molecule has 5 rings (SSSR count). The van der Waals surface area contributed by atoms with E-state index < -0.39 is 6.09 Å². The SMILES string of the molecule is O=C(Oc1c2cccnc2c(O)c2c(O)n(Cc3ccc(F)cc3)cc12)N1CCOCC1. The van der Waals surface area contributed by atoms with Crippen LogP contribution in [-0.2, 0) is 11.3 Å². The molecule has 9 heteroatoms. The molecule has 2 aromatic carbocycles. The van der Waals surface area contributed by atoms with E-state index in [1.54, 1.807) is 35.4 Å². The highest BCUT2D eigenvalue weighted by Gasteiger charge is 2.26. The number of phenols is 1. The smallest absolute Gasteiger partial charge is 0.415 e. The lowest BCUT2D eigenvalue weighted by Crippen LogP contribution is -2.42. The summed E-state index contributed by atoms with van der Waals surface area (Å²) in [6.45, 7) is 1.90. The van der Waals surface area contributed by atoms with Gasteiger partial charge in [0.15, 0.2) is 11.5 Å². The van der Waals surface area contributed by atoms with E-state index in [4.69, 9.17) is 9.47 Å². The Hall–Kier alpha value is -3.85. The normalized spacial score (nSPS) is 14.2. The van der Waals surface area contributed by atoms with E-state index in [1.807, 2.05) is 0 Å². The summed E-state index contributed by atoms with van der Waals surface area (Å²) >= 11 is 0. The fraction of sp³-hybridized carbons (Fsp3) is 0.217. The average molecular weight is 437 g/mol. The highest BCUT2D eigenvalue weighted by molar-refractivity contribution is 6.12. The average Bonchev–Trinajstić information content (AvgIpc) is 3.14. The molecule has 0 aliphatic carbocycles. The molecule has 2 N–H and O–H groups in total. The van der Waals surface area contributed by atoms with E-state index in [0.717, 1.165) is 5.56 Å². The predicted octanol–water partition coefficient (Wildman–Crippen LogP) is 3.62. The Morgan fingerprint density at radius 2 is 1.88 bits per heavy atom. The first-order valence-corrected chi connectivity index (χ1v) is 10.1. The second-order valence-electron chi connectivity index (χ2n) is 7.54. The highest BCUT2D eigenvalue weighted by atomic mass is 19.1. The maximum atomic E-state index is 13.3. The molecule has 1 saturated heterocycles. The van der Waals surface area contributed by atoms with Crippen LogP contribution in [0.15, 0.2) is 48.8 Å². The van der Waals surface area contributed by atoms with Crippen LogP contribution in [0.5, 0.6) is 17.4 Å². The van der Waals surface area contributed by atoms with Crippen LogP contribution >= 0.6 is 0 Å². The summed E-state index contributed by atoms with van der Waals surface area (Å²) in [4.78, 5) is 18.6. The van der Waals surface area contributed by atoms with Crippen LogP contribution in [0, 0.1) is 5.82 Å². The first kappa shape index (κ1) is 20.1. The zero-order valence-corrected chi connectivity index (χ0v) is 17.0.